The third-order valence-corrected chi connectivity index (χ3v) is 6.82. The van der Waals surface area contributed by atoms with Crippen LogP contribution < -0.4 is 9.80 Å². The third kappa shape index (κ3) is 4.03. The second-order valence-corrected chi connectivity index (χ2v) is 8.76. The quantitative estimate of drug-likeness (QED) is 0.647. The zero-order valence-electron chi connectivity index (χ0n) is 15.6. The maximum absolute atomic E-state index is 13.0. The lowest BCUT2D eigenvalue weighted by Gasteiger charge is -2.34. The van der Waals surface area contributed by atoms with Crippen molar-refractivity contribution in [2.45, 2.75) is 0 Å². The van der Waals surface area contributed by atoms with Gasteiger partial charge < -0.3 is 9.80 Å². The molecule has 0 unspecified atom stereocenters. The van der Waals surface area contributed by atoms with E-state index in [2.05, 4.69) is 35.0 Å². The van der Waals surface area contributed by atoms with Crippen molar-refractivity contribution < 1.29 is 4.79 Å². The summed E-state index contributed by atoms with van der Waals surface area (Å²) in [6.07, 6.45) is 2.01. The number of thioether (sulfide) groups is 1. The molecule has 0 spiro atoms. The minimum absolute atomic E-state index is 0.00318. The summed E-state index contributed by atoms with van der Waals surface area (Å²) in [4.78, 5) is 20.2. The minimum Gasteiger partial charge on any atom is -0.368 e. The molecule has 7 heteroatoms. The number of hydrogen-bond donors (Lipinski definition) is 0. The van der Waals surface area contributed by atoms with Crippen LogP contribution in [0.25, 0.3) is 6.08 Å². The molecule has 2 aromatic carbocycles. The second kappa shape index (κ2) is 8.37. The zero-order valence-corrected chi connectivity index (χ0v) is 17.9. The van der Waals surface area contributed by atoms with E-state index in [1.54, 1.807) is 28.8 Å². The summed E-state index contributed by atoms with van der Waals surface area (Å²) in [5.41, 5.74) is 3.03. The van der Waals surface area contributed by atoms with E-state index in [9.17, 15) is 4.79 Å². The van der Waals surface area contributed by atoms with Gasteiger partial charge in [0.1, 0.15) is 0 Å². The lowest BCUT2D eigenvalue weighted by Crippen LogP contribution is -2.44. The van der Waals surface area contributed by atoms with E-state index in [4.69, 9.17) is 23.2 Å². The van der Waals surface area contributed by atoms with Crippen LogP contribution >= 0.6 is 35.0 Å². The number of piperazine rings is 1. The van der Waals surface area contributed by atoms with Crippen molar-refractivity contribution in [3.8, 4) is 0 Å². The monoisotopic (exact) mass is 433 g/mol. The molecule has 146 valence electrons. The fourth-order valence-electron chi connectivity index (χ4n) is 3.42. The van der Waals surface area contributed by atoms with E-state index >= 15 is 0 Å². The zero-order chi connectivity index (χ0) is 19.7. The number of amides is 1. The van der Waals surface area contributed by atoms with E-state index in [-0.39, 0.29) is 5.91 Å². The molecule has 4 nitrogen and oxygen atoms in total. The van der Waals surface area contributed by atoms with Gasteiger partial charge in [0, 0.05) is 37.6 Å². The van der Waals surface area contributed by atoms with Crippen molar-refractivity contribution in [2.75, 3.05) is 48.9 Å². The molecule has 2 aromatic rings. The second-order valence-electron chi connectivity index (χ2n) is 6.96. The number of nitrogens with zero attached hydrogens (tertiary/aromatic N) is 3. The molecule has 4 rings (SSSR count). The van der Waals surface area contributed by atoms with Gasteiger partial charge in [-0.1, -0.05) is 53.2 Å². The van der Waals surface area contributed by atoms with Crippen LogP contribution in [0.5, 0.6) is 0 Å². The predicted octanol–water partition coefficient (Wildman–Crippen LogP) is 4.82. The summed E-state index contributed by atoms with van der Waals surface area (Å²) in [5.74, 6) is 0.566. The van der Waals surface area contributed by atoms with Crippen molar-refractivity contribution in [3.05, 3.63) is 63.0 Å². The molecular weight excluding hydrogens is 413 g/mol. The highest BCUT2D eigenvalue weighted by Gasteiger charge is 2.29. The number of benzene rings is 2. The van der Waals surface area contributed by atoms with Gasteiger partial charge in [-0.05, 0) is 43.0 Å². The summed E-state index contributed by atoms with van der Waals surface area (Å²) in [6, 6.07) is 13.6. The van der Waals surface area contributed by atoms with Gasteiger partial charge in [0.05, 0.1) is 20.8 Å². The van der Waals surface area contributed by atoms with Crippen LogP contribution in [0.3, 0.4) is 0 Å². The molecule has 2 aliphatic heterocycles. The Bertz CT molecular complexity index is 926. The fourth-order valence-corrected chi connectivity index (χ4v) is 4.69. The van der Waals surface area contributed by atoms with Crippen LogP contribution in [0.15, 0.2) is 47.4 Å². The Balaban J connectivity index is 1.58. The molecule has 0 aromatic heterocycles. The van der Waals surface area contributed by atoms with Gasteiger partial charge in [-0.15, -0.1) is 0 Å². The minimum atomic E-state index is -0.00318. The van der Waals surface area contributed by atoms with Crippen molar-refractivity contribution in [1.29, 1.82) is 0 Å². The average Bonchev–Trinajstić information content (AvgIpc) is 3.06. The Morgan fingerprint density at radius 3 is 2.50 bits per heavy atom. The number of para-hydroxylation sites is 1. The molecule has 1 amide bonds. The van der Waals surface area contributed by atoms with E-state index in [1.165, 1.54) is 5.69 Å². The smallest absolute Gasteiger partial charge is 0.265 e. The van der Waals surface area contributed by atoms with Gasteiger partial charge in [-0.25, -0.2) is 0 Å². The molecule has 0 bridgehead atoms. The number of carbonyl (C=O) groups is 1. The van der Waals surface area contributed by atoms with Crippen LogP contribution in [0.4, 0.5) is 11.4 Å². The van der Waals surface area contributed by atoms with E-state index in [0.717, 1.165) is 42.3 Å². The maximum atomic E-state index is 13.0. The van der Waals surface area contributed by atoms with E-state index < -0.39 is 0 Å². The predicted molar refractivity (Wildman–Crippen MR) is 121 cm³/mol. The van der Waals surface area contributed by atoms with Crippen LogP contribution in [0, 0.1) is 0 Å². The van der Waals surface area contributed by atoms with Crippen LogP contribution in [-0.4, -0.2) is 49.9 Å². The summed E-state index contributed by atoms with van der Waals surface area (Å²) in [5, 5.41) is 0.941. The lowest BCUT2D eigenvalue weighted by molar-refractivity contribution is -0.113. The fraction of sp³-hybridized carbons (Fsp3) is 0.286. The summed E-state index contributed by atoms with van der Waals surface area (Å²) in [6.45, 7) is 4.08. The molecule has 2 fully saturated rings. The molecule has 28 heavy (non-hydrogen) atoms. The van der Waals surface area contributed by atoms with Crippen LogP contribution in [0.1, 0.15) is 5.56 Å². The van der Waals surface area contributed by atoms with Crippen molar-refractivity contribution in [1.82, 2.24) is 4.90 Å². The molecule has 0 N–H and O–H groups in total. The van der Waals surface area contributed by atoms with Gasteiger partial charge in [-0.2, -0.15) is 0 Å². The molecule has 0 saturated carbocycles. The van der Waals surface area contributed by atoms with Crippen molar-refractivity contribution >= 4 is 58.3 Å². The molecule has 0 aliphatic carbocycles. The van der Waals surface area contributed by atoms with Gasteiger partial charge in [-0.3, -0.25) is 9.69 Å². The molecule has 0 atom stereocenters. The van der Waals surface area contributed by atoms with Crippen molar-refractivity contribution in [3.63, 3.8) is 0 Å². The largest absolute Gasteiger partial charge is 0.368 e. The number of carbonyl (C=O) groups excluding carboxylic acids is 1. The first-order valence-electron chi connectivity index (χ1n) is 9.17. The highest BCUT2D eigenvalue weighted by molar-refractivity contribution is 8.04. The van der Waals surface area contributed by atoms with Gasteiger partial charge in [0.2, 0.25) is 0 Å². The Hall–Kier alpha value is -1.66. The molecule has 0 radical (unpaired) electrons. The van der Waals surface area contributed by atoms with Crippen molar-refractivity contribution in [2.24, 2.45) is 0 Å². The number of likely N-dealkylation sites (N-methyl/N-ethyl adjacent to an activating group) is 1. The normalized spacial score (nSPS) is 19.7. The van der Waals surface area contributed by atoms with E-state index in [0.29, 0.717) is 15.9 Å². The standard InChI is InChI=1S/C21H21Cl2N3OS/c1-24-8-10-25(11-9-24)19-5-3-2-4-15(19)12-20-21(27)26(14-28-20)16-6-7-17(22)18(23)13-16/h2-7,12-13H,8-11,14H2,1H3/b20-12+. The molecule has 2 aliphatic rings. The van der Waals surface area contributed by atoms with Crippen LogP contribution in [0.2, 0.25) is 10.0 Å². The molecule has 2 saturated heterocycles. The Kier molecular flexibility index (Phi) is 5.88. The number of rotatable bonds is 3. The molecular formula is C21H21Cl2N3OS. The summed E-state index contributed by atoms with van der Waals surface area (Å²) < 4.78 is 0. The topological polar surface area (TPSA) is 26.8 Å². The highest BCUT2D eigenvalue weighted by Crippen LogP contribution is 2.37. The highest BCUT2D eigenvalue weighted by atomic mass is 35.5. The Labute approximate surface area is 179 Å². The first kappa shape index (κ1) is 19.6. The number of halogens is 2. The third-order valence-electron chi connectivity index (χ3n) is 5.09. The average molecular weight is 434 g/mol. The summed E-state index contributed by atoms with van der Waals surface area (Å²) >= 11 is 13.7. The van der Waals surface area contributed by atoms with Gasteiger partial charge in [0.25, 0.3) is 5.91 Å². The Morgan fingerprint density at radius 2 is 1.75 bits per heavy atom. The Morgan fingerprint density at radius 1 is 1.00 bits per heavy atom. The number of hydrogen-bond acceptors (Lipinski definition) is 4. The van der Waals surface area contributed by atoms with E-state index in [1.807, 2.05) is 18.2 Å². The first-order chi connectivity index (χ1) is 13.5. The SMILES string of the molecule is CN1CCN(c2ccccc2/C=C2/SCN(c3ccc(Cl)c(Cl)c3)C2=O)CC1. The summed E-state index contributed by atoms with van der Waals surface area (Å²) in [7, 11) is 2.15. The maximum Gasteiger partial charge on any atom is 0.265 e. The van der Waals surface area contributed by atoms with Gasteiger partial charge in [0.15, 0.2) is 0 Å². The van der Waals surface area contributed by atoms with Gasteiger partial charge >= 0.3 is 0 Å². The number of anilines is 2. The van der Waals surface area contributed by atoms with Crippen LogP contribution in [-0.2, 0) is 4.79 Å². The first-order valence-corrected chi connectivity index (χ1v) is 10.9. The lowest BCUT2D eigenvalue weighted by atomic mass is 10.1. The molecule has 2 heterocycles.